The SMILES string of the molecule is C=C(c1ccc(C)cc1)c1cccs1. The number of hydrogen-bond acceptors (Lipinski definition) is 1. The zero-order chi connectivity index (χ0) is 9.97. The molecular weight excluding hydrogens is 188 g/mol. The van der Waals surface area contributed by atoms with Crippen LogP contribution in [0.4, 0.5) is 0 Å². The van der Waals surface area contributed by atoms with Gasteiger partial charge in [-0.1, -0.05) is 42.5 Å². The normalized spacial score (nSPS) is 10.1. The molecule has 0 fully saturated rings. The third kappa shape index (κ3) is 1.78. The Morgan fingerprint density at radius 2 is 1.86 bits per heavy atom. The standard InChI is InChI=1S/C13H12S/c1-10-5-7-12(8-6-10)11(2)13-4-3-9-14-13/h3-9H,2H2,1H3. The lowest BCUT2D eigenvalue weighted by Crippen LogP contribution is -1.82. The highest BCUT2D eigenvalue weighted by molar-refractivity contribution is 7.11. The molecule has 0 aliphatic heterocycles. The second-order valence-electron chi connectivity index (χ2n) is 3.32. The second-order valence-corrected chi connectivity index (χ2v) is 4.27. The monoisotopic (exact) mass is 200 g/mol. The van der Waals surface area contributed by atoms with Gasteiger partial charge in [0.05, 0.1) is 0 Å². The van der Waals surface area contributed by atoms with Crippen LogP contribution in [-0.2, 0) is 0 Å². The summed E-state index contributed by atoms with van der Waals surface area (Å²) in [5, 5.41) is 2.08. The van der Waals surface area contributed by atoms with Crippen LogP contribution in [0.1, 0.15) is 16.0 Å². The van der Waals surface area contributed by atoms with E-state index < -0.39 is 0 Å². The van der Waals surface area contributed by atoms with Gasteiger partial charge in [0.25, 0.3) is 0 Å². The third-order valence-electron chi connectivity index (χ3n) is 2.22. The fourth-order valence-corrected chi connectivity index (χ4v) is 2.07. The average molecular weight is 200 g/mol. The van der Waals surface area contributed by atoms with Crippen LogP contribution in [0.15, 0.2) is 48.4 Å². The van der Waals surface area contributed by atoms with Gasteiger partial charge in [-0.15, -0.1) is 11.3 Å². The lowest BCUT2D eigenvalue weighted by molar-refractivity contribution is 1.45. The van der Waals surface area contributed by atoms with Crippen molar-refractivity contribution in [1.29, 1.82) is 0 Å². The fourth-order valence-electron chi connectivity index (χ4n) is 1.35. The third-order valence-corrected chi connectivity index (χ3v) is 3.15. The van der Waals surface area contributed by atoms with Crippen molar-refractivity contribution >= 4 is 16.9 Å². The molecule has 0 spiro atoms. The van der Waals surface area contributed by atoms with Gasteiger partial charge in [0.2, 0.25) is 0 Å². The Morgan fingerprint density at radius 3 is 2.43 bits per heavy atom. The first-order valence-corrected chi connectivity index (χ1v) is 5.45. The van der Waals surface area contributed by atoms with E-state index in [1.807, 2.05) is 0 Å². The predicted molar refractivity (Wildman–Crippen MR) is 63.6 cm³/mol. The fraction of sp³-hybridized carbons (Fsp3) is 0.0769. The van der Waals surface area contributed by atoms with E-state index in [2.05, 4.69) is 55.3 Å². The quantitative estimate of drug-likeness (QED) is 0.684. The van der Waals surface area contributed by atoms with Crippen LogP contribution in [0.5, 0.6) is 0 Å². The maximum Gasteiger partial charge on any atom is 0.0342 e. The lowest BCUT2D eigenvalue weighted by atomic mass is 10.0. The highest BCUT2D eigenvalue weighted by Gasteiger charge is 2.01. The Morgan fingerprint density at radius 1 is 1.14 bits per heavy atom. The van der Waals surface area contributed by atoms with Crippen LogP contribution in [0.2, 0.25) is 0 Å². The smallest absolute Gasteiger partial charge is 0.0342 e. The molecule has 0 aliphatic carbocycles. The van der Waals surface area contributed by atoms with Gasteiger partial charge in [-0.05, 0) is 29.5 Å². The van der Waals surface area contributed by atoms with Crippen molar-refractivity contribution in [2.75, 3.05) is 0 Å². The molecule has 14 heavy (non-hydrogen) atoms. The van der Waals surface area contributed by atoms with E-state index in [9.17, 15) is 0 Å². The van der Waals surface area contributed by atoms with Gasteiger partial charge in [0.15, 0.2) is 0 Å². The molecule has 2 rings (SSSR count). The van der Waals surface area contributed by atoms with Crippen molar-refractivity contribution < 1.29 is 0 Å². The van der Waals surface area contributed by atoms with Crippen LogP contribution < -0.4 is 0 Å². The molecular formula is C13H12S. The number of aryl methyl sites for hydroxylation is 1. The highest BCUT2D eigenvalue weighted by Crippen LogP contribution is 2.25. The van der Waals surface area contributed by atoms with Gasteiger partial charge in [0.1, 0.15) is 0 Å². The van der Waals surface area contributed by atoms with E-state index in [0.29, 0.717) is 0 Å². The molecule has 0 aliphatic rings. The van der Waals surface area contributed by atoms with Crippen LogP contribution in [0.3, 0.4) is 0 Å². The molecule has 2 aromatic rings. The summed E-state index contributed by atoms with van der Waals surface area (Å²) in [7, 11) is 0. The van der Waals surface area contributed by atoms with Gasteiger partial charge in [-0.25, -0.2) is 0 Å². The minimum Gasteiger partial charge on any atom is -0.144 e. The van der Waals surface area contributed by atoms with E-state index >= 15 is 0 Å². The van der Waals surface area contributed by atoms with Crippen LogP contribution in [0, 0.1) is 6.92 Å². The molecule has 1 aromatic heterocycles. The van der Waals surface area contributed by atoms with Crippen molar-refractivity contribution in [2.45, 2.75) is 6.92 Å². The van der Waals surface area contributed by atoms with E-state index in [1.165, 1.54) is 16.0 Å². The predicted octanol–water partition coefficient (Wildman–Crippen LogP) is 4.12. The Balaban J connectivity index is 2.33. The van der Waals surface area contributed by atoms with Gasteiger partial charge in [-0.2, -0.15) is 0 Å². The van der Waals surface area contributed by atoms with Crippen molar-refractivity contribution in [3.63, 3.8) is 0 Å². The molecule has 0 saturated heterocycles. The van der Waals surface area contributed by atoms with E-state index in [0.717, 1.165) is 5.57 Å². The summed E-state index contributed by atoms with van der Waals surface area (Å²) < 4.78 is 0. The summed E-state index contributed by atoms with van der Waals surface area (Å²) in [6, 6.07) is 12.6. The summed E-state index contributed by atoms with van der Waals surface area (Å²) in [5.74, 6) is 0. The molecule has 0 bridgehead atoms. The maximum absolute atomic E-state index is 4.11. The largest absolute Gasteiger partial charge is 0.144 e. The Hall–Kier alpha value is -1.34. The van der Waals surface area contributed by atoms with Crippen LogP contribution >= 0.6 is 11.3 Å². The van der Waals surface area contributed by atoms with Gasteiger partial charge in [-0.3, -0.25) is 0 Å². The van der Waals surface area contributed by atoms with Crippen molar-refractivity contribution in [3.8, 4) is 0 Å². The maximum atomic E-state index is 4.11. The molecule has 1 aromatic carbocycles. The molecule has 0 radical (unpaired) electrons. The summed E-state index contributed by atoms with van der Waals surface area (Å²) >= 11 is 1.73. The first kappa shape index (κ1) is 9.22. The number of rotatable bonds is 2. The van der Waals surface area contributed by atoms with Crippen LogP contribution in [0.25, 0.3) is 5.57 Å². The lowest BCUT2D eigenvalue weighted by Gasteiger charge is -2.03. The molecule has 0 amide bonds. The Kier molecular flexibility index (Phi) is 2.51. The summed E-state index contributed by atoms with van der Waals surface area (Å²) in [5.41, 5.74) is 3.60. The molecule has 70 valence electrons. The second kappa shape index (κ2) is 3.81. The first-order valence-electron chi connectivity index (χ1n) is 4.57. The van der Waals surface area contributed by atoms with Gasteiger partial charge in [0, 0.05) is 4.88 Å². The molecule has 0 unspecified atom stereocenters. The minimum atomic E-state index is 1.11. The van der Waals surface area contributed by atoms with E-state index in [-0.39, 0.29) is 0 Å². The Bertz CT molecular complexity index is 421. The zero-order valence-electron chi connectivity index (χ0n) is 8.16. The molecule has 0 atom stereocenters. The number of thiophene rings is 1. The van der Waals surface area contributed by atoms with Crippen molar-refractivity contribution in [2.24, 2.45) is 0 Å². The minimum absolute atomic E-state index is 1.11. The molecule has 0 saturated carbocycles. The molecule has 0 N–H and O–H groups in total. The van der Waals surface area contributed by atoms with Crippen molar-refractivity contribution in [3.05, 3.63) is 64.4 Å². The number of benzene rings is 1. The van der Waals surface area contributed by atoms with Crippen molar-refractivity contribution in [1.82, 2.24) is 0 Å². The molecule has 1 heterocycles. The zero-order valence-corrected chi connectivity index (χ0v) is 8.97. The summed E-state index contributed by atoms with van der Waals surface area (Å²) in [6.45, 7) is 6.20. The Labute approximate surface area is 88.5 Å². The van der Waals surface area contributed by atoms with Gasteiger partial charge >= 0.3 is 0 Å². The van der Waals surface area contributed by atoms with Crippen LogP contribution in [-0.4, -0.2) is 0 Å². The summed E-state index contributed by atoms with van der Waals surface area (Å²) in [6.07, 6.45) is 0. The van der Waals surface area contributed by atoms with E-state index in [4.69, 9.17) is 0 Å². The summed E-state index contributed by atoms with van der Waals surface area (Å²) in [4.78, 5) is 1.24. The number of hydrogen-bond donors (Lipinski definition) is 0. The van der Waals surface area contributed by atoms with Gasteiger partial charge < -0.3 is 0 Å². The topological polar surface area (TPSA) is 0 Å². The first-order chi connectivity index (χ1) is 6.77. The molecule has 0 nitrogen and oxygen atoms in total. The van der Waals surface area contributed by atoms with E-state index in [1.54, 1.807) is 11.3 Å². The molecule has 1 heteroatoms. The highest BCUT2D eigenvalue weighted by atomic mass is 32.1. The average Bonchev–Trinajstić information content (AvgIpc) is 2.71.